The van der Waals surface area contributed by atoms with Crippen LogP contribution in [0.25, 0.3) is 0 Å². The fourth-order valence-electron chi connectivity index (χ4n) is 3.21. The van der Waals surface area contributed by atoms with Crippen LogP contribution in [0.1, 0.15) is 40.5 Å². The number of nitrogens with one attached hydrogen (secondary N) is 2. The molecule has 130 valence electrons. The average Bonchev–Trinajstić information content (AvgIpc) is 2.45. The van der Waals surface area contributed by atoms with E-state index in [0.29, 0.717) is 0 Å². The summed E-state index contributed by atoms with van der Waals surface area (Å²) >= 11 is 0. The summed E-state index contributed by atoms with van der Waals surface area (Å²) in [6.07, 6.45) is 2.34. The van der Waals surface area contributed by atoms with Gasteiger partial charge in [-0.15, -0.1) is 0 Å². The van der Waals surface area contributed by atoms with Crippen molar-refractivity contribution in [1.29, 1.82) is 0 Å². The zero-order valence-corrected chi connectivity index (χ0v) is 15.4. The average molecular weight is 313 g/mol. The van der Waals surface area contributed by atoms with E-state index in [1.54, 1.807) is 7.11 Å². The van der Waals surface area contributed by atoms with Gasteiger partial charge in [0.15, 0.2) is 5.96 Å². The van der Waals surface area contributed by atoms with E-state index in [1.165, 1.54) is 19.5 Å². The zero-order valence-electron chi connectivity index (χ0n) is 15.4. The van der Waals surface area contributed by atoms with Crippen molar-refractivity contribution in [2.75, 3.05) is 46.9 Å². The summed E-state index contributed by atoms with van der Waals surface area (Å²) in [5.74, 6) is 2.45. The summed E-state index contributed by atoms with van der Waals surface area (Å²) in [4.78, 5) is 6.92. The highest BCUT2D eigenvalue weighted by atomic mass is 16.5. The van der Waals surface area contributed by atoms with Gasteiger partial charge in [0.2, 0.25) is 0 Å². The van der Waals surface area contributed by atoms with E-state index in [2.05, 4.69) is 48.2 Å². The number of hydrogen-bond donors (Lipinski definition) is 2. The monoisotopic (exact) mass is 312 g/mol. The Labute approximate surface area is 136 Å². The maximum absolute atomic E-state index is 5.06. The van der Waals surface area contributed by atoms with Crippen LogP contribution in [0.4, 0.5) is 0 Å². The van der Waals surface area contributed by atoms with E-state index in [4.69, 9.17) is 4.74 Å². The van der Waals surface area contributed by atoms with Crippen LogP contribution < -0.4 is 10.6 Å². The zero-order chi connectivity index (χ0) is 16.6. The molecular formula is C17H36N4O. The van der Waals surface area contributed by atoms with Crippen LogP contribution in [0, 0.1) is 11.8 Å². The van der Waals surface area contributed by atoms with Gasteiger partial charge in [-0.1, -0.05) is 13.8 Å². The molecular weight excluding hydrogens is 276 g/mol. The molecule has 2 atom stereocenters. The van der Waals surface area contributed by atoms with Gasteiger partial charge in [0, 0.05) is 52.5 Å². The van der Waals surface area contributed by atoms with Gasteiger partial charge in [-0.25, -0.2) is 0 Å². The number of guanidine groups is 1. The summed E-state index contributed by atoms with van der Waals surface area (Å²) in [6, 6.07) is 0. The van der Waals surface area contributed by atoms with Gasteiger partial charge in [-0.3, -0.25) is 9.89 Å². The van der Waals surface area contributed by atoms with Gasteiger partial charge in [0.25, 0.3) is 0 Å². The van der Waals surface area contributed by atoms with E-state index < -0.39 is 0 Å². The van der Waals surface area contributed by atoms with Gasteiger partial charge >= 0.3 is 0 Å². The molecule has 22 heavy (non-hydrogen) atoms. The highest BCUT2D eigenvalue weighted by Gasteiger charge is 2.32. The predicted octanol–water partition coefficient (Wildman–Crippen LogP) is 1.94. The second-order valence-corrected chi connectivity index (χ2v) is 7.36. The molecule has 0 aromatic rings. The van der Waals surface area contributed by atoms with Crippen molar-refractivity contribution < 1.29 is 4.74 Å². The molecule has 0 saturated carbocycles. The second-order valence-electron chi connectivity index (χ2n) is 7.36. The molecule has 1 aliphatic heterocycles. The highest BCUT2D eigenvalue weighted by molar-refractivity contribution is 5.79. The summed E-state index contributed by atoms with van der Waals surface area (Å²) in [6.45, 7) is 14.3. The number of ether oxygens (including phenoxy) is 1. The highest BCUT2D eigenvalue weighted by Crippen LogP contribution is 2.26. The summed E-state index contributed by atoms with van der Waals surface area (Å²) < 4.78 is 5.06. The van der Waals surface area contributed by atoms with Gasteiger partial charge in [-0.2, -0.15) is 0 Å². The largest absolute Gasteiger partial charge is 0.385 e. The van der Waals surface area contributed by atoms with E-state index >= 15 is 0 Å². The third kappa shape index (κ3) is 6.53. The quantitative estimate of drug-likeness (QED) is 0.428. The Kier molecular flexibility index (Phi) is 8.18. The first-order valence-electron chi connectivity index (χ1n) is 8.57. The molecule has 0 bridgehead atoms. The van der Waals surface area contributed by atoms with Crippen molar-refractivity contribution in [3.63, 3.8) is 0 Å². The van der Waals surface area contributed by atoms with Crippen molar-refractivity contribution in [1.82, 2.24) is 15.5 Å². The number of methoxy groups -OCH3 is 1. The van der Waals surface area contributed by atoms with Crippen LogP contribution in [-0.2, 0) is 4.74 Å². The predicted molar refractivity (Wildman–Crippen MR) is 94.5 cm³/mol. The Balaban J connectivity index is 2.42. The molecule has 1 aliphatic rings. The number of likely N-dealkylation sites (tertiary alicyclic amines) is 1. The second kappa shape index (κ2) is 9.36. The molecule has 1 heterocycles. The Bertz CT molecular complexity index is 334. The van der Waals surface area contributed by atoms with Crippen molar-refractivity contribution in [2.45, 2.75) is 46.1 Å². The molecule has 2 unspecified atom stereocenters. The molecule has 0 aliphatic carbocycles. The van der Waals surface area contributed by atoms with Gasteiger partial charge in [0.1, 0.15) is 0 Å². The molecule has 0 radical (unpaired) electrons. The van der Waals surface area contributed by atoms with Crippen LogP contribution in [0.2, 0.25) is 0 Å². The maximum Gasteiger partial charge on any atom is 0.191 e. The molecule has 0 spiro atoms. The van der Waals surface area contributed by atoms with Crippen molar-refractivity contribution in [2.24, 2.45) is 16.8 Å². The van der Waals surface area contributed by atoms with Gasteiger partial charge < -0.3 is 15.4 Å². The number of hydrogen-bond acceptors (Lipinski definition) is 3. The Morgan fingerprint density at radius 1 is 1.23 bits per heavy atom. The lowest BCUT2D eigenvalue weighted by molar-refractivity contribution is 0.0483. The molecule has 1 saturated heterocycles. The Morgan fingerprint density at radius 2 is 1.86 bits per heavy atom. The normalized spacial score (nSPS) is 24.4. The van der Waals surface area contributed by atoms with Crippen LogP contribution in [-0.4, -0.2) is 63.3 Å². The van der Waals surface area contributed by atoms with Crippen LogP contribution in [0.15, 0.2) is 4.99 Å². The molecule has 0 aromatic carbocycles. The van der Waals surface area contributed by atoms with Crippen LogP contribution >= 0.6 is 0 Å². The summed E-state index contributed by atoms with van der Waals surface area (Å²) in [5, 5.41) is 6.81. The van der Waals surface area contributed by atoms with E-state index in [1.807, 2.05) is 7.05 Å². The number of rotatable bonds is 7. The standard InChI is InChI=1S/C17H36N4O/c1-14-10-15(2)12-21(11-14)17(3,4)13-20-16(18-5)19-8-7-9-22-6/h14-15H,7-13H2,1-6H3,(H2,18,19,20). The third-order valence-corrected chi connectivity index (χ3v) is 4.45. The Morgan fingerprint density at radius 3 is 2.41 bits per heavy atom. The van der Waals surface area contributed by atoms with Gasteiger partial charge in [0.05, 0.1) is 0 Å². The minimum Gasteiger partial charge on any atom is -0.385 e. The number of piperidine rings is 1. The minimum atomic E-state index is 0.132. The first kappa shape index (κ1) is 19.2. The van der Waals surface area contributed by atoms with Crippen molar-refractivity contribution in [3.8, 4) is 0 Å². The first-order chi connectivity index (χ1) is 10.4. The summed E-state index contributed by atoms with van der Waals surface area (Å²) in [5.41, 5.74) is 0.132. The fraction of sp³-hybridized carbons (Fsp3) is 0.941. The van der Waals surface area contributed by atoms with Gasteiger partial charge in [-0.05, 0) is 38.5 Å². The SMILES string of the molecule is CN=C(NCCCOC)NCC(C)(C)N1CC(C)CC(C)C1. The lowest BCUT2D eigenvalue weighted by Crippen LogP contribution is -2.57. The molecule has 2 N–H and O–H groups in total. The van der Waals surface area contributed by atoms with E-state index in [9.17, 15) is 0 Å². The summed E-state index contributed by atoms with van der Waals surface area (Å²) in [7, 11) is 3.56. The van der Waals surface area contributed by atoms with Crippen molar-refractivity contribution >= 4 is 5.96 Å². The number of aliphatic imine (C=N–C) groups is 1. The minimum absolute atomic E-state index is 0.132. The van der Waals surface area contributed by atoms with Crippen molar-refractivity contribution in [3.05, 3.63) is 0 Å². The Hall–Kier alpha value is -0.810. The molecule has 5 heteroatoms. The molecule has 0 aromatic heterocycles. The smallest absolute Gasteiger partial charge is 0.191 e. The lowest BCUT2D eigenvalue weighted by atomic mass is 9.88. The van der Waals surface area contributed by atoms with E-state index in [0.717, 1.165) is 43.9 Å². The molecule has 5 nitrogen and oxygen atoms in total. The molecule has 1 fully saturated rings. The van der Waals surface area contributed by atoms with E-state index in [-0.39, 0.29) is 5.54 Å². The molecule has 0 amide bonds. The number of nitrogens with zero attached hydrogens (tertiary/aromatic N) is 2. The topological polar surface area (TPSA) is 48.9 Å². The maximum atomic E-state index is 5.06. The third-order valence-electron chi connectivity index (χ3n) is 4.45. The van der Waals surface area contributed by atoms with Crippen LogP contribution in [0.5, 0.6) is 0 Å². The fourth-order valence-corrected chi connectivity index (χ4v) is 3.21. The molecule has 1 rings (SSSR count). The lowest BCUT2D eigenvalue weighted by Gasteiger charge is -2.45. The first-order valence-corrected chi connectivity index (χ1v) is 8.57. The van der Waals surface area contributed by atoms with Crippen LogP contribution in [0.3, 0.4) is 0 Å².